The predicted octanol–water partition coefficient (Wildman–Crippen LogP) is 7.10. The number of anilines is 1. The highest BCUT2D eigenvalue weighted by Gasteiger charge is 2.35. The molecule has 0 spiro atoms. The summed E-state index contributed by atoms with van der Waals surface area (Å²) in [6, 6.07) is 19.0. The zero-order chi connectivity index (χ0) is 25.1. The minimum atomic E-state index is -1.09. The van der Waals surface area contributed by atoms with Gasteiger partial charge in [0.15, 0.2) is 11.8 Å². The Labute approximate surface area is 224 Å². The highest BCUT2D eigenvalue weighted by molar-refractivity contribution is 9.11. The van der Waals surface area contributed by atoms with E-state index in [4.69, 9.17) is 14.8 Å². The Balaban J connectivity index is 1.79. The molecular formula is C26H20Br2N2O4S. The number of benzene rings is 3. The molecule has 178 valence electrons. The number of amidine groups is 1. The standard InChI is InChI=1S/C26H20Br2N2O4S/c1-15-3-7-19(8-4-15)29-26-30(20-9-5-16(2)6-10-20)25(33)22(35-26)12-17-11-18(27)13-21(28)24(17)34-14-23(31)32/h3-13H,14H2,1-2H3,(H,31,32)/b22-12-,29-26?. The smallest absolute Gasteiger partial charge is 0.341 e. The van der Waals surface area contributed by atoms with Gasteiger partial charge >= 0.3 is 5.97 Å². The van der Waals surface area contributed by atoms with Gasteiger partial charge in [-0.15, -0.1) is 0 Å². The number of hydrogen-bond acceptors (Lipinski definition) is 5. The van der Waals surface area contributed by atoms with E-state index in [9.17, 15) is 9.59 Å². The normalized spacial score (nSPS) is 15.8. The molecule has 1 heterocycles. The third-order valence-electron chi connectivity index (χ3n) is 5.02. The Hall–Kier alpha value is -2.88. The number of halogens is 2. The van der Waals surface area contributed by atoms with E-state index in [1.54, 1.807) is 23.1 Å². The summed E-state index contributed by atoms with van der Waals surface area (Å²) in [5.41, 5.74) is 4.21. The molecule has 0 aromatic heterocycles. The number of carboxylic acid groups (broad SMARTS) is 1. The third-order valence-corrected chi connectivity index (χ3v) is 7.04. The van der Waals surface area contributed by atoms with Crippen LogP contribution in [0.3, 0.4) is 0 Å². The molecule has 0 atom stereocenters. The number of nitrogens with zero attached hydrogens (tertiary/aromatic N) is 2. The Morgan fingerprint density at radius 2 is 1.69 bits per heavy atom. The van der Waals surface area contributed by atoms with E-state index in [-0.39, 0.29) is 5.91 Å². The second kappa shape index (κ2) is 10.8. The van der Waals surface area contributed by atoms with Crippen molar-refractivity contribution in [2.75, 3.05) is 11.5 Å². The highest BCUT2D eigenvalue weighted by atomic mass is 79.9. The van der Waals surface area contributed by atoms with Crippen molar-refractivity contribution in [2.45, 2.75) is 13.8 Å². The van der Waals surface area contributed by atoms with Gasteiger partial charge < -0.3 is 9.84 Å². The first-order chi connectivity index (χ1) is 16.7. The van der Waals surface area contributed by atoms with Gasteiger partial charge in [-0.25, -0.2) is 9.79 Å². The van der Waals surface area contributed by atoms with Crippen molar-refractivity contribution < 1.29 is 19.4 Å². The number of ether oxygens (including phenoxy) is 1. The van der Waals surface area contributed by atoms with Crippen LogP contribution < -0.4 is 9.64 Å². The number of rotatable bonds is 6. The number of amides is 1. The number of carboxylic acids is 1. The van der Waals surface area contributed by atoms with Gasteiger partial charge in [-0.05, 0) is 84.0 Å². The third kappa shape index (κ3) is 6.04. The van der Waals surface area contributed by atoms with Crippen LogP contribution in [0.2, 0.25) is 0 Å². The first kappa shape index (κ1) is 25.2. The second-order valence-electron chi connectivity index (χ2n) is 7.81. The van der Waals surface area contributed by atoms with Gasteiger partial charge in [-0.2, -0.15) is 0 Å². The van der Waals surface area contributed by atoms with Crippen molar-refractivity contribution in [3.05, 3.63) is 91.2 Å². The van der Waals surface area contributed by atoms with Gasteiger partial charge in [0.05, 0.1) is 20.8 Å². The molecule has 0 aliphatic carbocycles. The Kier molecular flexibility index (Phi) is 7.78. The fourth-order valence-electron chi connectivity index (χ4n) is 3.31. The molecule has 0 unspecified atom stereocenters. The van der Waals surface area contributed by atoms with Crippen molar-refractivity contribution in [2.24, 2.45) is 4.99 Å². The van der Waals surface area contributed by atoms with Crippen molar-refractivity contribution >= 4 is 78.1 Å². The van der Waals surface area contributed by atoms with Gasteiger partial charge in [0.25, 0.3) is 5.91 Å². The Morgan fingerprint density at radius 3 is 2.31 bits per heavy atom. The quantitative estimate of drug-likeness (QED) is 0.299. The number of thioether (sulfide) groups is 1. The zero-order valence-electron chi connectivity index (χ0n) is 18.8. The summed E-state index contributed by atoms with van der Waals surface area (Å²) in [4.78, 5) is 31.4. The van der Waals surface area contributed by atoms with Crippen LogP contribution in [0.25, 0.3) is 6.08 Å². The molecule has 1 aliphatic heterocycles. The van der Waals surface area contributed by atoms with Crippen LogP contribution in [-0.2, 0) is 9.59 Å². The Morgan fingerprint density at radius 1 is 1.06 bits per heavy atom. The molecule has 1 saturated heterocycles. The van der Waals surface area contributed by atoms with Gasteiger partial charge in [0.1, 0.15) is 5.75 Å². The molecule has 6 nitrogen and oxygen atoms in total. The minimum Gasteiger partial charge on any atom is -0.480 e. The Bertz CT molecular complexity index is 1350. The fourth-order valence-corrected chi connectivity index (χ4v) is 5.68. The first-order valence-electron chi connectivity index (χ1n) is 10.5. The molecule has 3 aromatic rings. The molecule has 1 fully saturated rings. The molecule has 1 amide bonds. The van der Waals surface area contributed by atoms with Crippen molar-refractivity contribution in [3.8, 4) is 5.75 Å². The summed E-state index contributed by atoms with van der Waals surface area (Å²) in [6.07, 6.45) is 1.69. The summed E-state index contributed by atoms with van der Waals surface area (Å²) < 4.78 is 6.83. The van der Waals surface area contributed by atoms with Gasteiger partial charge in [0, 0.05) is 10.0 Å². The van der Waals surface area contributed by atoms with Crippen LogP contribution in [0.1, 0.15) is 16.7 Å². The van der Waals surface area contributed by atoms with E-state index >= 15 is 0 Å². The number of carbonyl (C=O) groups excluding carboxylic acids is 1. The summed E-state index contributed by atoms with van der Waals surface area (Å²) in [5, 5.41) is 9.59. The van der Waals surface area contributed by atoms with Crippen LogP contribution in [0.4, 0.5) is 11.4 Å². The van der Waals surface area contributed by atoms with Crippen LogP contribution >= 0.6 is 43.6 Å². The number of aryl methyl sites for hydroxylation is 2. The number of carbonyl (C=O) groups is 2. The number of hydrogen-bond donors (Lipinski definition) is 1. The van der Waals surface area contributed by atoms with Crippen LogP contribution in [0, 0.1) is 13.8 Å². The van der Waals surface area contributed by atoms with Gasteiger partial charge in [-0.1, -0.05) is 51.3 Å². The maximum Gasteiger partial charge on any atom is 0.341 e. The molecule has 35 heavy (non-hydrogen) atoms. The summed E-state index contributed by atoms with van der Waals surface area (Å²) in [5.74, 6) is -0.991. The number of aliphatic imine (C=N–C) groups is 1. The lowest BCUT2D eigenvalue weighted by molar-refractivity contribution is -0.139. The van der Waals surface area contributed by atoms with Crippen molar-refractivity contribution in [3.63, 3.8) is 0 Å². The lowest BCUT2D eigenvalue weighted by Crippen LogP contribution is -2.28. The lowest BCUT2D eigenvalue weighted by Gasteiger charge is -2.16. The first-order valence-corrected chi connectivity index (χ1v) is 12.9. The molecule has 4 rings (SSSR count). The second-order valence-corrected chi connectivity index (χ2v) is 10.6. The topological polar surface area (TPSA) is 79.2 Å². The molecule has 0 radical (unpaired) electrons. The van der Waals surface area contributed by atoms with E-state index < -0.39 is 12.6 Å². The molecule has 3 aromatic carbocycles. The molecule has 0 saturated carbocycles. The molecule has 9 heteroatoms. The van der Waals surface area contributed by atoms with E-state index in [2.05, 4.69) is 31.9 Å². The highest BCUT2D eigenvalue weighted by Crippen LogP contribution is 2.40. The van der Waals surface area contributed by atoms with Crippen molar-refractivity contribution in [1.29, 1.82) is 0 Å². The molecule has 0 bridgehead atoms. The summed E-state index contributed by atoms with van der Waals surface area (Å²) in [7, 11) is 0. The van der Waals surface area contributed by atoms with E-state index in [0.29, 0.717) is 31.5 Å². The summed E-state index contributed by atoms with van der Waals surface area (Å²) >= 11 is 8.13. The monoisotopic (exact) mass is 614 g/mol. The van der Waals surface area contributed by atoms with Crippen LogP contribution in [0.5, 0.6) is 5.75 Å². The average molecular weight is 616 g/mol. The molecule has 1 aliphatic rings. The summed E-state index contributed by atoms with van der Waals surface area (Å²) in [6.45, 7) is 3.48. The maximum absolute atomic E-state index is 13.6. The fraction of sp³-hybridized carbons (Fsp3) is 0.115. The van der Waals surface area contributed by atoms with E-state index in [1.165, 1.54) is 11.8 Å². The number of aliphatic carboxylic acids is 1. The molecular weight excluding hydrogens is 596 g/mol. The maximum atomic E-state index is 13.6. The van der Waals surface area contributed by atoms with E-state index in [0.717, 1.165) is 21.3 Å². The molecule has 1 N–H and O–H groups in total. The predicted molar refractivity (Wildman–Crippen MR) is 147 cm³/mol. The average Bonchev–Trinajstić information content (AvgIpc) is 3.09. The lowest BCUT2D eigenvalue weighted by atomic mass is 10.1. The van der Waals surface area contributed by atoms with E-state index in [1.807, 2.05) is 62.4 Å². The van der Waals surface area contributed by atoms with Gasteiger partial charge in [-0.3, -0.25) is 9.69 Å². The van der Waals surface area contributed by atoms with Crippen LogP contribution in [0.15, 0.2) is 79.5 Å². The SMILES string of the molecule is Cc1ccc(N=C2S/C(=C\c3cc(Br)cc(Br)c3OCC(=O)O)C(=O)N2c2ccc(C)cc2)cc1. The van der Waals surface area contributed by atoms with Gasteiger partial charge in [0.2, 0.25) is 0 Å². The largest absolute Gasteiger partial charge is 0.480 e. The minimum absolute atomic E-state index is 0.231. The van der Waals surface area contributed by atoms with Crippen LogP contribution in [-0.4, -0.2) is 28.8 Å². The van der Waals surface area contributed by atoms with Crippen molar-refractivity contribution in [1.82, 2.24) is 0 Å². The zero-order valence-corrected chi connectivity index (χ0v) is 22.8.